The molecule has 1 N–H and O–H groups in total. The van der Waals surface area contributed by atoms with Crippen LogP contribution in [0.25, 0.3) is 10.8 Å². The van der Waals surface area contributed by atoms with Crippen molar-refractivity contribution in [3.63, 3.8) is 0 Å². The van der Waals surface area contributed by atoms with Gasteiger partial charge in [0.1, 0.15) is 0 Å². The highest BCUT2D eigenvalue weighted by Gasteiger charge is 2.18. The smallest absolute Gasteiger partial charge is 0.359 e. The van der Waals surface area contributed by atoms with E-state index in [9.17, 15) is 14.4 Å². The van der Waals surface area contributed by atoms with Crippen molar-refractivity contribution in [3.8, 4) is 0 Å². The molecule has 2 aromatic carbocycles. The van der Waals surface area contributed by atoms with Crippen LogP contribution >= 0.6 is 15.9 Å². The standard InChI is InChI=1S/C19H16BrN3O4/c1-11-9-12(7-8-15(11)20)21-16(24)10-27-19(26)17-13-5-3-4-6-14(13)18(25)23(2)22-17/h3-9H,10H2,1-2H3,(H,21,24). The first-order chi connectivity index (χ1) is 12.9. The maximum absolute atomic E-state index is 12.4. The predicted octanol–water partition coefficient (Wildman–Crippen LogP) is 2.80. The first-order valence-electron chi connectivity index (χ1n) is 8.06. The first kappa shape index (κ1) is 18.8. The molecule has 0 saturated carbocycles. The van der Waals surface area contributed by atoms with Crippen LogP contribution in [0.15, 0.2) is 51.7 Å². The quantitative estimate of drug-likeness (QED) is 0.643. The number of nitrogens with one attached hydrogen (secondary N) is 1. The summed E-state index contributed by atoms with van der Waals surface area (Å²) in [6, 6.07) is 12.0. The van der Waals surface area contributed by atoms with Gasteiger partial charge < -0.3 is 10.1 Å². The van der Waals surface area contributed by atoms with Crippen LogP contribution in [0, 0.1) is 6.92 Å². The van der Waals surface area contributed by atoms with Gasteiger partial charge in [-0.2, -0.15) is 5.10 Å². The van der Waals surface area contributed by atoms with Crippen LogP contribution in [0.1, 0.15) is 16.1 Å². The molecule has 3 aromatic rings. The van der Waals surface area contributed by atoms with Crippen molar-refractivity contribution in [1.82, 2.24) is 9.78 Å². The molecule has 0 aliphatic heterocycles. The monoisotopic (exact) mass is 429 g/mol. The van der Waals surface area contributed by atoms with E-state index in [4.69, 9.17) is 4.74 Å². The summed E-state index contributed by atoms with van der Waals surface area (Å²) in [5.74, 6) is -1.25. The number of hydrogen-bond donors (Lipinski definition) is 1. The zero-order chi connectivity index (χ0) is 19.6. The van der Waals surface area contributed by atoms with Crippen LogP contribution in [0.4, 0.5) is 5.69 Å². The Balaban J connectivity index is 1.73. The van der Waals surface area contributed by atoms with Crippen molar-refractivity contribution >= 4 is 44.3 Å². The molecule has 0 aliphatic carbocycles. The maximum Gasteiger partial charge on any atom is 0.359 e. The molecule has 138 valence electrons. The topological polar surface area (TPSA) is 90.3 Å². The second-order valence-corrected chi connectivity index (χ2v) is 6.77. The molecule has 1 heterocycles. The van der Waals surface area contributed by atoms with Crippen LogP contribution in [0.3, 0.4) is 0 Å². The zero-order valence-electron chi connectivity index (χ0n) is 14.7. The molecule has 0 fully saturated rings. The minimum atomic E-state index is -0.774. The SMILES string of the molecule is Cc1cc(NC(=O)COC(=O)c2nn(C)c(=O)c3ccccc23)ccc1Br. The van der Waals surface area contributed by atoms with Crippen molar-refractivity contribution < 1.29 is 14.3 Å². The minimum Gasteiger partial charge on any atom is -0.451 e. The van der Waals surface area contributed by atoms with Crippen molar-refractivity contribution in [2.24, 2.45) is 7.05 Å². The van der Waals surface area contributed by atoms with E-state index >= 15 is 0 Å². The Kier molecular flexibility index (Phi) is 5.36. The number of carbonyl (C=O) groups is 2. The fourth-order valence-corrected chi connectivity index (χ4v) is 2.82. The molecular weight excluding hydrogens is 414 g/mol. The van der Waals surface area contributed by atoms with Gasteiger partial charge in [0.15, 0.2) is 12.3 Å². The lowest BCUT2D eigenvalue weighted by Gasteiger charge is -2.09. The number of rotatable bonds is 4. The van der Waals surface area contributed by atoms with Gasteiger partial charge >= 0.3 is 5.97 Å². The van der Waals surface area contributed by atoms with E-state index < -0.39 is 18.5 Å². The van der Waals surface area contributed by atoms with Crippen molar-refractivity contribution in [2.45, 2.75) is 6.92 Å². The number of aromatic nitrogens is 2. The Labute approximate surface area is 163 Å². The number of carbonyl (C=O) groups excluding carboxylic acids is 2. The lowest BCUT2D eigenvalue weighted by molar-refractivity contribution is -0.119. The fourth-order valence-electron chi connectivity index (χ4n) is 2.57. The number of aryl methyl sites for hydroxylation is 2. The first-order valence-corrected chi connectivity index (χ1v) is 8.85. The van der Waals surface area contributed by atoms with Gasteiger partial charge in [0.05, 0.1) is 5.39 Å². The zero-order valence-corrected chi connectivity index (χ0v) is 16.2. The van der Waals surface area contributed by atoms with Crippen molar-refractivity contribution in [1.29, 1.82) is 0 Å². The number of halogens is 1. The number of hydrogen-bond acceptors (Lipinski definition) is 5. The van der Waals surface area contributed by atoms with Crippen molar-refractivity contribution in [3.05, 3.63) is 68.5 Å². The Bertz CT molecular complexity index is 1110. The lowest BCUT2D eigenvalue weighted by atomic mass is 10.1. The summed E-state index contributed by atoms with van der Waals surface area (Å²) in [6.45, 7) is 1.43. The van der Waals surface area contributed by atoms with Gasteiger partial charge in [0, 0.05) is 22.6 Å². The van der Waals surface area contributed by atoms with Gasteiger partial charge in [-0.3, -0.25) is 9.59 Å². The minimum absolute atomic E-state index is 0.0139. The second kappa shape index (κ2) is 7.71. The van der Waals surface area contributed by atoms with Crippen LogP contribution in [0.5, 0.6) is 0 Å². The molecule has 0 spiro atoms. The van der Waals surface area contributed by atoms with Crippen LogP contribution < -0.4 is 10.9 Å². The number of fused-ring (bicyclic) bond motifs is 1. The second-order valence-electron chi connectivity index (χ2n) is 5.91. The molecular formula is C19H16BrN3O4. The maximum atomic E-state index is 12.4. The summed E-state index contributed by atoms with van der Waals surface area (Å²) in [5.41, 5.74) is 1.23. The number of nitrogens with zero attached hydrogens (tertiary/aromatic N) is 2. The predicted molar refractivity (Wildman–Crippen MR) is 105 cm³/mol. The fraction of sp³-hybridized carbons (Fsp3) is 0.158. The number of benzene rings is 2. The molecule has 0 bridgehead atoms. The number of amides is 1. The van der Waals surface area contributed by atoms with Crippen LogP contribution in [-0.4, -0.2) is 28.3 Å². The van der Waals surface area contributed by atoms with E-state index in [1.54, 1.807) is 36.4 Å². The highest BCUT2D eigenvalue weighted by molar-refractivity contribution is 9.10. The van der Waals surface area contributed by atoms with E-state index in [0.29, 0.717) is 16.5 Å². The van der Waals surface area contributed by atoms with Gasteiger partial charge in [-0.1, -0.05) is 34.1 Å². The van der Waals surface area contributed by atoms with Gasteiger partial charge in [0.2, 0.25) is 0 Å². The van der Waals surface area contributed by atoms with Crippen LogP contribution in [-0.2, 0) is 16.6 Å². The number of esters is 1. The molecule has 1 aromatic heterocycles. The summed E-state index contributed by atoms with van der Waals surface area (Å²) in [5, 5.41) is 7.38. The number of ether oxygens (including phenoxy) is 1. The van der Waals surface area contributed by atoms with E-state index in [0.717, 1.165) is 14.7 Å². The lowest BCUT2D eigenvalue weighted by Crippen LogP contribution is -2.26. The third-order valence-electron chi connectivity index (χ3n) is 3.93. The molecule has 0 saturated heterocycles. The number of anilines is 1. The molecule has 3 rings (SSSR count). The third kappa shape index (κ3) is 4.06. The normalized spacial score (nSPS) is 10.6. The molecule has 0 atom stereocenters. The van der Waals surface area contributed by atoms with E-state index in [1.165, 1.54) is 7.05 Å². The molecule has 0 unspecified atom stereocenters. The largest absolute Gasteiger partial charge is 0.451 e. The molecule has 8 heteroatoms. The third-order valence-corrected chi connectivity index (χ3v) is 4.82. The molecule has 0 radical (unpaired) electrons. The Morgan fingerprint density at radius 3 is 2.59 bits per heavy atom. The van der Waals surface area contributed by atoms with Gasteiger partial charge in [0.25, 0.3) is 11.5 Å². The van der Waals surface area contributed by atoms with E-state index in [1.807, 2.05) is 13.0 Å². The Morgan fingerprint density at radius 1 is 1.19 bits per heavy atom. The summed E-state index contributed by atoms with van der Waals surface area (Å²) >= 11 is 3.39. The summed E-state index contributed by atoms with van der Waals surface area (Å²) < 4.78 is 7.08. The molecule has 1 amide bonds. The Hall–Kier alpha value is -3.00. The average molecular weight is 430 g/mol. The highest BCUT2D eigenvalue weighted by Crippen LogP contribution is 2.20. The Morgan fingerprint density at radius 2 is 1.89 bits per heavy atom. The van der Waals surface area contributed by atoms with Gasteiger partial charge in [-0.15, -0.1) is 0 Å². The molecule has 27 heavy (non-hydrogen) atoms. The van der Waals surface area contributed by atoms with E-state index in [2.05, 4.69) is 26.3 Å². The molecule has 0 aliphatic rings. The summed E-state index contributed by atoms with van der Waals surface area (Å²) in [6.07, 6.45) is 0. The van der Waals surface area contributed by atoms with Crippen molar-refractivity contribution in [2.75, 3.05) is 11.9 Å². The highest BCUT2D eigenvalue weighted by atomic mass is 79.9. The summed E-state index contributed by atoms with van der Waals surface area (Å²) in [7, 11) is 1.45. The van der Waals surface area contributed by atoms with Crippen LogP contribution in [0.2, 0.25) is 0 Å². The molecule has 7 nitrogen and oxygen atoms in total. The van der Waals surface area contributed by atoms with E-state index in [-0.39, 0.29) is 11.3 Å². The average Bonchev–Trinajstić information content (AvgIpc) is 2.66. The van der Waals surface area contributed by atoms with Gasteiger partial charge in [-0.05, 0) is 36.8 Å². The van der Waals surface area contributed by atoms with Gasteiger partial charge in [-0.25, -0.2) is 9.48 Å². The summed E-state index contributed by atoms with van der Waals surface area (Å²) in [4.78, 5) is 36.5.